The number of aromatic amines is 1. The van der Waals surface area contributed by atoms with Crippen molar-refractivity contribution in [2.24, 2.45) is 11.8 Å². The Labute approximate surface area is 144 Å². The third-order valence-corrected chi connectivity index (χ3v) is 4.05. The number of carboxylic acid groups (broad SMARTS) is 1. The number of benzene rings is 1. The zero-order valence-electron chi connectivity index (χ0n) is 13.3. The van der Waals surface area contributed by atoms with E-state index in [9.17, 15) is 9.90 Å². The first-order valence-electron chi connectivity index (χ1n) is 7.69. The zero-order chi connectivity index (χ0) is 16.8. The summed E-state index contributed by atoms with van der Waals surface area (Å²) in [5.41, 5.74) is 2.00. The van der Waals surface area contributed by atoms with E-state index in [-0.39, 0.29) is 5.92 Å². The van der Waals surface area contributed by atoms with E-state index < -0.39 is 5.97 Å². The lowest BCUT2D eigenvalue weighted by Gasteiger charge is -2.14. The van der Waals surface area contributed by atoms with Crippen LogP contribution in [0.5, 0.6) is 0 Å². The Hall–Kier alpha value is -1.66. The molecule has 1 aromatic carbocycles. The fourth-order valence-electron chi connectivity index (χ4n) is 2.46. The molecule has 2 rings (SSSR count). The molecule has 124 valence electrons. The summed E-state index contributed by atoms with van der Waals surface area (Å²) in [5.74, 6) is 0.0493. The number of H-pyrrole nitrogens is 1. The van der Waals surface area contributed by atoms with Crippen molar-refractivity contribution >= 4 is 21.9 Å². The van der Waals surface area contributed by atoms with E-state index in [1.807, 2.05) is 38.1 Å². The highest BCUT2D eigenvalue weighted by Crippen LogP contribution is 2.21. The molecule has 0 bridgehead atoms. The number of hydrogen-bond acceptors (Lipinski definition) is 3. The van der Waals surface area contributed by atoms with Gasteiger partial charge >= 0.3 is 5.97 Å². The third-order valence-electron chi connectivity index (χ3n) is 3.55. The maximum Gasteiger partial charge on any atom is 0.307 e. The molecule has 1 unspecified atom stereocenters. The van der Waals surface area contributed by atoms with E-state index >= 15 is 0 Å². The van der Waals surface area contributed by atoms with Crippen LogP contribution >= 0.6 is 15.9 Å². The van der Waals surface area contributed by atoms with Crippen LogP contribution in [-0.4, -0.2) is 27.6 Å². The van der Waals surface area contributed by atoms with Gasteiger partial charge in [-0.15, -0.1) is 0 Å². The molecule has 3 N–H and O–H groups in total. The van der Waals surface area contributed by atoms with E-state index in [0.717, 1.165) is 21.6 Å². The summed E-state index contributed by atoms with van der Waals surface area (Å²) in [6.45, 7) is 5.04. The van der Waals surface area contributed by atoms with Crippen LogP contribution in [0.4, 0.5) is 0 Å². The van der Waals surface area contributed by atoms with Crippen molar-refractivity contribution < 1.29 is 9.90 Å². The van der Waals surface area contributed by atoms with Crippen LogP contribution in [0.1, 0.15) is 26.1 Å². The average molecular weight is 380 g/mol. The third kappa shape index (κ3) is 5.48. The monoisotopic (exact) mass is 379 g/mol. The smallest absolute Gasteiger partial charge is 0.307 e. The van der Waals surface area contributed by atoms with E-state index in [1.54, 1.807) is 6.20 Å². The zero-order valence-corrected chi connectivity index (χ0v) is 14.9. The number of carboxylic acids is 1. The Morgan fingerprint density at radius 3 is 2.87 bits per heavy atom. The molecule has 1 aromatic heterocycles. The Kier molecular flexibility index (Phi) is 6.36. The van der Waals surface area contributed by atoms with Crippen molar-refractivity contribution in [3.8, 4) is 11.3 Å². The van der Waals surface area contributed by atoms with Gasteiger partial charge in [0, 0.05) is 16.6 Å². The summed E-state index contributed by atoms with van der Waals surface area (Å²) < 4.78 is 1.02. The summed E-state index contributed by atoms with van der Waals surface area (Å²) in [5, 5.41) is 12.4. The summed E-state index contributed by atoms with van der Waals surface area (Å²) >= 11 is 3.45. The molecule has 0 saturated heterocycles. The summed E-state index contributed by atoms with van der Waals surface area (Å²) in [6.07, 6.45) is 2.46. The number of imidazole rings is 1. The van der Waals surface area contributed by atoms with Crippen molar-refractivity contribution in [2.75, 3.05) is 6.54 Å². The molecule has 0 fully saturated rings. The molecule has 0 radical (unpaired) electrons. The van der Waals surface area contributed by atoms with Gasteiger partial charge in [0.25, 0.3) is 0 Å². The molecular weight excluding hydrogens is 358 g/mol. The van der Waals surface area contributed by atoms with E-state index in [0.29, 0.717) is 25.4 Å². The molecule has 6 heteroatoms. The van der Waals surface area contributed by atoms with Crippen molar-refractivity contribution in [1.82, 2.24) is 15.3 Å². The van der Waals surface area contributed by atoms with Crippen LogP contribution in [0.15, 0.2) is 34.9 Å². The maximum atomic E-state index is 11.2. The van der Waals surface area contributed by atoms with Gasteiger partial charge in [0.05, 0.1) is 24.4 Å². The van der Waals surface area contributed by atoms with Gasteiger partial charge in [-0.1, -0.05) is 41.9 Å². The van der Waals surface area contributed by atoms with Crippen LogP contribution in [0.2, 0.25) is 0 Å². The molecule has 5 nitrogen and oxygen atoms in total. The van der Waals surface area contributed by atoms with Crippen molar-refractivity contribution in [2.45, 2.75) is 26.8 Å². The summed E-state index contributed by atoms with van der Waals surface area (Å²) in [7, 11) is 0. The van der Waals surface area contributed by atoms with Gasteiger partial charge in [0.15, 0.2) is 0 Å². The first-order chi connectivity index (χ1) is 11.0. The minimum absolute atomic E-state index is 0.365. The topological polar surface area (TPSA) is 78.0 Å². The van der Waals surface area contributed by atoms with Crippen LogP contribution < -0.4 is 5.32 Å². The van der Waals surface area contributed by atoms with Gasteiger partial charge in [-0.25, -0.2) is 4.98 Å². The molecule has 0 spiro atoms. The number of carbonyl (C=O) groups is 1. The van der Waals surface area contributed by atoms with Gasteiger partial charge in [0.1, 0.15) is 5.82 Å². The number of nitrogens with one attached hydrogen (secondary N) is 2. The molecule has 2 aromatic rings. The van der Waals surface area contributed by atoms with E-state index in [2.05, 4.69) is 31.2 Å². The highest BCUT2D eigenvalue weighted by Gasteiger charge is 2.18. The van der Waals surface area contributed by atoms with Crippen molar-refractivity contribution in [3.63, 3.8) is 0 Å². The van der Waals surface area contributed by atoms with Gasteiger partial charge < -0.3 is 15.4 Å². The number of halogens is 1. The quantitative estimate of drug-likeness (QED) is 0.653. The molecule has 23 heavy (non-hydrogen) atoms. The van der Waals surface area contributed by atoms with Crippen LogP contribution in [0, 0.1) is 11.8 Å². The lowest BCUT2D eigenvalue weighted by Crippen LogP contribution is -2.29. The second-order valence-corrected chi connectivity index (χ2v) is 6.97. The fourth-order valence-corrected chi connectivity index (χ4v) is 2.86. The first-order valence-corrected chi connectivity index (χ1v) is 8.48. The van der Waals surface area contributed by atoms with Crippen molar-refractivity contribution in [1.29, 1.82) is 0 Å². The Morgan fingerprint density at radius 2 is 2.22 bits per heavy atom. The first kappa shape index (κ1) is 17.7. The van der Waals surface area contributed by atoms with E-state index in [1.165, 1.54) is 0 Å². The Morgan fingerprint density at radius 1 is 1.43 bits per heavy atom. The second kappa shape index (κ2) is 8.26. The molecule has 0 saturated carbocycles. The molecule has 1 heterocycles. The summed E-state index contributed by atoms with van der Waals surface area (Å²) in [4.78, 5) is 18.8. The number of aromatic nitrogens is 2. The lowest BCUT2D eigenvalue weighted by atomic mass is 9.97. The van der Waals surface area contributed by atoms with Gasteiger partial charge in [-0.05, 0) is 24.5 Å². The molecule has 0 aliphatic heterocycles. The Balaban J connectivity index is 1.91. The highest BCUT2D eigenvalue weighted by atomic mass is 79.9. The molecular formula is C17H22BrN3O2. The maximum absolute atomic E-state index is 11.2. The van der Waals surface area contributed by atoms with Crippen LogP contribution in [0.25, 0.3) is 11.3 Å². The largest absolute Gasteiger partial charge is 0.481 e. The Bertz CT molecular complexity index is 655. The number of aliphatic carboxylic acids is 1. The SMILES string of the molecule is CC(C)CC(CNCc1ncc(-c2cccc(Br)c2)[nH]1)C(=O)O. The highest BCUT2D eigenvalue weighted by molar-refractivity contribution is 9.10. The van der Waals surface area contributed by atoms with E-state index in [4.69, 9.17) is 0 Å². The van der Waals surface area contributed by atoms with Crippen molar-refractivity contribution in [3.05, 3.63) is 40.8 Å². The number of nitrogens with zero attached hydrogens (tertiary/aromatic N) is 1. The number of hydrogen-bond donors (Lipinski definition) is 3. The average Bonchev–Trinajstić information content (AvgIpc) is 2.94. The summed E-state index contributed by atoms with van der Waals surface area (Å²) in [6, 6.07) is 7.98. The molecule has 0 amide bonds. The molecule has 1 atom stereocenters. The van der Waals surface area contributed by atoms with Gasteiger partial charge in [0.2, 0.25) is 0 Å². The number of rotatable bonds is 8. The molecule has 0 aliphatic carbocycles. The molecule has 0 aliphatic rings. The lowest BCUT2D eigenvalue weighted by molar-refractivity contribution is -0.142. The fraction of sp³-hybridized carbons (Fsp3) is 0.412. The second-order valence-electron chi connectivity index (χ2n) is 6.05. The van der Waals surface area contributed by atoms with Crippen LogP contribution in [0.3, 0.4) is 0 Å². The standard InChI is InChI=1S/C17H22BrN3O2/c1-11(2)6-13(17(22)23)8-19-10-16-20-9-15(21-16)12-4-3-5-14(18)7-12/h3-5,7,9,11,13,19H,6,8,10H2,1-2H3,(H,20,21)(H,22,23). The minimum Gasteiger partial charge on any atom is -0.481 e. The normalized spacial score (nSPS) is 12.5. The van der Waals surface area contributed by atoms with Gasteiger partial charge in [-0.2, -0.15) is 0 Å². The minimum atomic E-state index is -0.750. The van der Waals surface area contributed by atoms with Gasteiger partial charge in [-0.3, -0.25) is 4.79 Å². The predicted molar refractivity (Wildman–Crippen MR) is 94.0 cm³/mol. The predicted octanol–water partition coefficient (Wildman–Crippen LogP) is 3.68. The van der Waals surface area contributed by atoms with Crippen LogP contribution in [-0.2, 0) is 11.3 Å².